The smallest absolute Gasteiger partial charge is 0.323 e. The molecule has 0 atom stereocenters. The van der Waals surface area contributed by atoms with Gasteiger partial charge in [0.05, 0.1) is 18.8 Å². The molecule has 0 aliphatic rings. The molecule has 0 amide bonds. The van der Waals surface area contributed by atoms with Crippen LogP contribution in [0.5, 0.6) is 6.01 Å². The highest BCUT2D eigenvalue weighted by atomic mass is 16.5. The van der Waals surface area contributed by atoms with Crippen molar-refractivity contribution in [1.29, 1.82) is 0 Å². The number of hydrogen-bond donors (Lipinski definition) is 2. The van der Waals surface area contributed by atoms with E-state index in [9.17, 15) is 0 Å². The first kappa shape index (κ1) is 13.1. The van der Waals surface area contributed by atoms with Crippen LogP contribution in [0.25, 0.3) is 0 Å². The van der Waals surface area contributed by atoms with Crippen LogP contribution in [0.3, 0.4) is 0 Å². The van der Waals surface area contributed by atoms with E-state index in [-0.39, 0.29) is 18.1 Å². The highest BCUT2D eigenvalue weighted by Gasteiger charge is 2.08. The van der Waals surface area contributed by atoms with Gasteiger partial charge in [-0.1, -0.05) is 0 Å². The van der Waals surface area contributed by atoms with Gasteiger partial charge < -0.3 is 20.2 Å². The molecule has 0 saturated carbocycles. The van der Waals surface area contributed by atoms with E-state index in [2.05, 4.69) is 25.3 Å². The van der Waals surface area contributed by atoms with E-state index in [1.54, 1.807) is 6.20 Å². The zero-order valence-electron chi connectivity index (χ0n) is 11.0. The first-order valence-corrected chi connectivity index (χ1v) is 5.86. The van der Waals surface area contributed by atoms with Crippen LogP contribution in [0.1, 0.15) is 25.5 Å². The van der Waals surface area contributed by atoms with Crippen LogP contribution in [0, 0.1) is 6.92 Å². The number of aromatic nitrogens is 4. The predicted molar refractivity (Wildman–Crippen MR) is 68.6 cm³/mol. The van der Waals surface area contributed by atoms with Crippen LogP contribution in [-0.2, 0) is 6.54 Å². The Labute approximate surface area is 110 Å². The molecule has 8 nitrogen and oxygen atoms in total. The topological polar surface area (TPSA) is 112 Å². The number of ether oxygens (including phenoxy) is 1. The van der Waals surface area contributed by atoms with Crippen molar-refractivity contribution in [3.05, 3.63) is 17.8 Å². The Kier molecular flexibility index (Phi) is 3.79. The Balaban J connectivity index is 2.05. The van der Waals surface area contributed by atoms with Gasteiger partial charge >= 0.3 is 6.01 Å². The minimum absolute atomic E-state index is 0.0379. The Morgan fingerprint density at radius 2 is 2.16 bits per heavy atom. The molecule has 2 aromatic heterocycles. The highest BCUT2D eigenvalue weighted by molar-refractivity contribution is 5.32. The third kappa shape index (κ3) is 3.80. The summed E-state index contributed by atoms with van der Waals surface area (Å²) in [5.74, 6) is 1.70. The molecule has 19 heavy (non-hydrogen) atoms. The Bertz CT molecular complexity index is 554. The lowest BCUT2D eigenvalue weighted by atomic mass is 10.5. The quantitative estimate of drug-likeness (QED) is 0.827. The maximum Gasteiger partial charge on any atom is 0.323 e. The summed E-state index contributed by atoms with van der Waals surface area (Å²) in [5, 5.41) is 2.95. The number of nitrogens with one attached hydrogen (secondary N) is 1. The largest absolute Gasteiger partial charge is 0.461 e. The summed E-state index contributed by atoms with van der Waals surface area (Å²) in [6, 6.07) is 0.189. The van der Waals surface area contributed by atoms with Crippen molar-refractivity contribution in [2.45, 2.75) is 33.4 Å². The minimum atomic E-state index is -0.0379. The average molecular weight is 264 g/mol. The van der Waals surface area contributed by atoms with Crippen molar-refractivity contribution in [3.8, 4) is 6.01 Å². The molecular weight excluding hydrogens is 248 g/mol. The molecule has 0 aliphatic carbocycles. The fourth-order valence-corrected chi connectivity index (χ4v) is 1.35. The minimum Gasteiger partial charge on any atom is -0.461 e. The van der Waals surface area contributed by atoms with E-state index in [1.807, 2.05) is 20.8 Å². The zero-order chi connectivity index (χ0) is 13.8. The van der Waals surface area contributed by atoms with Crippen LogP contribution in [0.4, 0.5) is 11.9 Å². The van der Waals surface area contributed by atoms with Gasteiger partial charge in [0.1, 0.15) is 5.76 Å². The summed E-state index contributed by atoms with van der Waals surface area (Å²) in [5.41, 5.74) is 5.59. The average Bonchev–Trinajstić information content (AvgIpc) is 2.71. The summed E-state index contributed by atoms with van der Waals surface area (Å²) < 4.78 is 10.7. The number of rotatable bonds is 5. The Morgan fingerprint density at radius 3 is 2.79 bits per heavy atom. The van der Waals surface area contributed by atoms with E-state index in [0.717, 1.165) is 5.76 Å². The fraction of sp³-hybridized carbons (Fsp3) is 0.455. The lowest BCUT2D eigenvalue weighted by Gasteiger charge is -2.09. The van der Waals surface area contributed by atoms with Crippen molar-refractivity contribution in [3.63, 3.8) is 0 Å². The molecule has 0 radical (unpaired) electrons. The molecule has 2 rings (SSSR count). The van der Waals surface area contributed by atoms with Gasteiger partial charge in [0, 0.05) is 0 Å². The lowest BCUT2D eigenvalue weighted by Crippen LogP contribution is -2.13. The van der Waals surface area contributed by atoms with Gasteiger partial charge in [-0.05, 0) is 20.8 Å². The normalized spacial score (nSPS) is 10.7. The van der Waals surface area contributed by atoms with Crippen molar-refractivity contribution >= 4 is 11.9 Å². The summed E-state index contributed by atoms with van der Waals surface area (Å²) >= 11 is 0. The van der Waals surface area contributed by atoms with Gasteiger partial charge in [0.15, 0.2) is 0 Å². The van der Waals surface area contributed by atoms with E-state index in [1.165, 1.54) is 0 Å². The molecule has 0 aromatic carbocycles. The SMILES string of the molecule is Cc1cnc(CNc2nc(N)nc(OC(C)C)n2)o1. The van der Waals surface area contributed by atoms with Gasteiger partial charge in [0.25, 0.3) is 0 Å². The van der Waals surface area contributed by atoms with Gasteiger partial charge in [-0.25, -0.2) is 4.98 Å². The number of anilines is 2. The van der Waals surface area contributed by atoms with E-state index in [0.29, 0.717) is 18.4 Å². The van der Waals surface area contributed by atoms with Crippen molar-refractivity contribution in [2.75, 3.05) is 11.1 Å². The number of oxazole rings is 1. The van der Waals surface area contributed by atoms with Gasteiger partial charge in [-0.15, -0.1) is 0 Å². The maximum atomic E-state index is 5.59. The molecule has 0 fully saturated rings. The first-order chi connectivity index (χ1) is 9.02. The molecule has 0 bridgehead atoms. The van der Waals surface area contributed by atoms with E-state index >= 15 is 0 Å². The second-order valence-electron chi connectivity index (χ2n) is 4.18. The van der Waals surface area contributed by atoms with Crippen molar-refractivity contribution < 1.29 is 9.15 Å². The van der Waals surface area contributed by atoms with Crippen LogP contribution >= 0.6 is 0 Å². The van der Waals surface area contributed by atoms with Crippen molar-refractivity contribution in [1.82, 2.24) is 19.9 Å². The van der Waals surface area contributed by atoms with Gasteiger partial charge in [0.2, 0.25) is 17.8 Å². The molecule has 3 N–H and O–H groups in total. The Hall–Kier alpha value is -2.38. The summed E-state index contributed by atoms with van der Waals surface area (Å²) in [7, 11) is 0. The number of aryl methyl sites for hydroxylation is 1. The van der Waals surface area contributed by atoms with Crippen LogP contribution in [0.15, 0.2) is 10.6 Å². The number of nitrogen functional groups attached to an aromatic ring is 1. The molecular formula is C11H16N6O2. The van der Waals surface area contributed by atoms with Crippen molar-refractivity contribution in [2.24, 2.45) is 0 Å². The third-order valence-corrected chi connectivity index (χ3v) is 2.04. The first-order valence-electron chi connectivity index (χ1n) is 5.86. The number of hydrogen-bond acceptors (Lipinski definition) is 8. The number of nitrogens with zero attached hydrogens (tertiary/aromatic N) is 4. The summed E-state index contributed by atoms with van der Waals surface area (Å²) in [6.07, 6.45) is 1.61. The second-order valence-corrected chi connectivity index (χ2v) is 4.18. The van der Waals surface area contributed by atoms with E-state index < -0.39 is 0 Å². The standard InChI is InChI=1S/C11H16N6O2/c1-6(2)18-11-16-9(12)15-10(17-11)14-5-8-13-4-7(3)19-8/h4,6H,5H2,1-3H3,(H3,12,14,15,16,17). The van der Waals surface area contributed by atoms with Gasteiger partial charge in [-0.2, -0.15) is 15.0 Å². The van der Waals surface area contributed by atoms with E-state index in [4.69, 9.17) is 14.9 Å². The lowest BCUT2D eigenvalue weighted by molar-refractivity contribution is 0.222. The summed E-state index contributed by atoms with van der Waals surface area (Å²) in [6.45, 7) is 5.94. The fourth-order valence-electron chi connectivity index (χ4n) is 1.35. The molecule has 0 aliphatic heterocycles. The highest BCUT2D eigenvalue weighted by Crippen LogP contribution is 2.11. The molecule has 0 saturated heterocycles. The predicted octanol–water partition coefficient (Wildman–Crippen LogP) is 1.15. The molecule has 2 heterocycles. The third-order valence-electron chi connectivity index (χ3n) is 2.04. The number of nitrogens with two attached hydrogens (primary N) is 1. The monoisotopic (exact) mass is 264 g/mol. The second kappa shape index (κ2) is 5.51. The maximum absolute atomic E-state index is 5.59. The molecule has 2 aromatic rings. The summed E-state index contributed by atoms with van der Waals surface area (Å²) in [4.78, 5) is 16.0. The molecule has 102 valence electrons. The molecule has 0 unspecified atom stereocenters. The molecule has 8 heteroatoms. The van der Waals surface area contributed by atoms with Gasteiger partial charge in [-0.3, -0.25) is 0 Å². The Morgan fingerprint density at radius 1 is 1.37 bits per heavy atom. The van der Waals surface area contributed by atoms with Crippen LogP contribution < -0.4 is 15.8 Å². The van der Waals surface area contributed by atoms with Crippen LogP contribution in [0.2, 0.25) is 0 Å². The van der Waals surface area contributed by atoms with Crippen LogP contribution in [-0.4, -0.2) is 26.0 Å². The molecule has 0 spiro atoms. The zero-order valence-corrected chi connectivity index (χ0v) is 11.0.